The van der Waals surface area contributed by atoms with Crippen LogP contribution in [0.15, 0.2) is 34.3 Å². The molecule has 152 valence electrons. The van der Waals surface area contributed by atoms with Crippen molar-refractivity contribution in [3.05, 3.63) is 68.5 Å². The maximum atomic E-state index is 13.0. The third kappa shape index (κ3) is 4.41. The van der Waals surface area contributed by atoms with Gasteiger partial charge in [-0.25, -0.2) is 0 Å². The average molecular weight is 411 g/mol. The van der Waals surface area contributed by atoms with Crippen molar-refractivity contribution >= 4 is 17.2 Å². The molecule has 1 aliphatic heterocycles. The Hall–Kier alpha value is -2.51. The van der Waals surface area contributed by atoms with Gasteiger partial charge in [0.15, 0.2) is 0 Å². The first-order valence-corrected chi connectivity index (χ1v) is 10.8. The van der Waals surface area contributed by atoms with Gasteiger partial charge in [0.05, 0.1) is 17.8 Å². The molecule has 29 heavy (non-hydrogen) atoms. The van der Waals surface area contributed by atoms with E-state index in [2.05, 4.69) is 34.1 Å². The Morgan fingerprint density at radius 1 is 1.34 bits per heavy atom. The summed E-state index contributed by atoms with van der Waals surface area (Å²) in [6.07, 6.45) is 3.87. The Labute approximate surface area is 175 Å². The van der Waals surface area contributed by atoms with Crippen LogP contribution in [0, 0.1) is 6.92 Å². The first kappa shape index (κ1) is 19.8. The number of carbonyl (C=O) groups excluding carboxylic acids is 1. The SMILES string of the molecule is CCc1ccc(CN2CCc3c(C(=O)N(C)Cc4cc(C)on4)csc3C2)nc1. The van der Waals surface area contributed by atoms with E-state index in [0.717, 1.165) is 55.2 Å². The Morgan fingerprint density at radius 3 is 2.90 bits per heavy atom. The maximum absolute atomic E-state index is 13.0. The summed E-state index contributed by atoms with van der Waals surface area (Å²) in [5, 5.41) is 6.00. The summed E-state index contributed by atoms with van der Waals surface area (Å²) >= 11 is 1.68. The number of rotatable bonds is 6. The predicted molar refractivity (Wildman–Crippen MR) is 113 cm³/mol. The van der Waals surface area contributed by atoms with Gasteiger partial charge in [0.25, 0.3) is 5.91 Å². The highest BCUT2D eigenvalue weighted by Crippen LogP contribution is 2.30. The molecule has 0 radical (unpaired) electrons. The van der Waals surface area contributed by atoms with Crippen LogP contribution in [-0.2, 0) is 32.5 Å². The number of carbonyl (C=O) groups is 1. The molecule has 0 aliphatic carbocycles. The van der Waals surface area contributed by atoms with E-state index in [0.29, 0.717) is 6.54 Å². The number of amides is 1. The predicted octanol–water partition coefficient (Wildman–Crippen LogP) is 3.83. The van der Waals surface area contributed by atoms with Gasteiger partial charge in [-0.15, -0.1) is 11.3 Å². The second kappa shape index (κ2) is 8.47. The molecule has 0 saturated carbocycles. The summed E-state index contributed by atoms with van der Waals surface area (Å²) in [5.74, 6) is 0.807. The van der Waals surface area contributed by atoms with Crippen molar-refractivity contribution in [2.24, 2.45) is 0 Å². The smallest absolute Gasteiger partial charge is 0.255 e. The lowest BCUT2D eigenvalue weighted by atomic mass is 10.0. The van der Waals surface area contributed by atoms with E-state index in [1.54, 1.807) is 16.2 Å². The number of thiophene rings is 1. The largest absolute Gasteiger partial charge is 0.361 e. The molecule has 0 unspecified atom stereocenters. The topological polar surface area (TPSA) is 62.5 Å². The summed E-state index contributed by atoms with van der Waals surface area (Å²) in [6, 6.07) is 6.15. The molecular weight excluding hydrogens is 384 g/mol. The van der Waals surface area contributed by atoms with Gasteiger partial charge in [-0.2, -0.15) is 0 Å². The average Bonchev–Trinajstić information content (AvgIpc) is 3.33. The molecule has 4 heterocycles. The third-order valence-electron chi connectivity index (χ3n) is 5.36. The fourth-order valence-corrected chi connectivity index (χ4v) is 4.81. The molecule has 1 amide bonds. The van der Waals surface area contributed by atoms with Gasteiger partial charge in [-0.1, -0.05) is 18.1 Å². The lowest BCUT2D eigenvalue weighted by Gasteiger charge is -2.27. The van der Waals surface area contributed by atoms with Crippen molar-refractivity contribution in [2.75, 3.05) is 13.6 Å². The van der Waals surface area contributed by atoms with E-state index in [1.807, 2.05) is 31.6 Å². The summed E-state index contributed by atoms with van der Waals surface area (Å²) in [5.41, 5.74) is 5.17. The van der Waals surface area contributed by atoms with Gasteiger partial charge in [-0.05, 0) is 37.0 Å². The van der Waals surface area contributed by atoms with Gasteiger partial charge in [0, 0.05) is 49.2 Å². The second-order valence-corrected chi connectivity index (χ2v) is 8.58. The minimum Gasteiger partial charge on any atom is -0.361 e. The fraction of sp³-hybridized carbons (Fsp3) is 0.409. The lowest BCUT2D eigenvalue weighted by molar-refractivity contribution is 0.0780. The lowest BCUT2D eigenvalue weighted by Crippen LogP contribution is -2.32. The third-order valence-corrected chi connectivity index (χ3v) is 6.37. The number of aryl methyl sites for hydroxylation is 2. The number of nitrogens with zero attached hydrogens (tertiary/aromatic N) is 4. The van der Waals surface area contributed by atoms with Crippen LogP contribution in [0.5, 0.6) is 0 Å². The van der Waals surface area contributed by atoms with Crippen LogP contribution in [0.3, 0.4) is 0 Å². The van der Waals surface area contributed by atoms with Gasteiger partial charge in [-0.3, -0.25) is 14.7 Å². The van der Waals surface area contributed by atoms with Crippen molar-refractivity contribution in [2.45, 2.75) is 46.3 Å². The molecule has 0 atom stereocenters. The molecule has 1 aliphatic rings. The van der Waals surface area contributed by atoms with Crippen LogP contribution in [-0.4, -0.2) is 39.4 Å². The number of pyridine rings is 1. The zero-order valence-electron chi connectivity index (χ0n) is 17.1. The molecule has 0 N–H and O–H groups in total. The number of hydrogen-bond acceptors (Lipinski definition) is 6. The molecule has 4 rings (SSSR count). The maximum Gasteiger partial charge on any atom is 0.255 e. The van der Waals surface area contributed by atoms with Crippen molar-refractivity contribution in [3.63, 3.8) is 0 Å². The van der Waals surface area contributed by atoms with Crippen LogP contribution in [0.2, 0.25) is 0 Å². The minimum absolute atomic E-state index is 0.0495. The summed E-state index contributed by atoms with van der Waals surface area (Å²) in [4.78, 5) is 23.0. The van der Waals surface area contributed by atoms with Gasteiger partial charge in [0.2, 0.25) is 0 Å². The van der Waals surface area contributed by atoms with E-state index < -0.39 is 0 Å². The highest BCUT2D eigenvalue weighted by atomic mass is 32.1. The number of fused-ring (bicyclic) bond motifs is 1. The second-order valence-electron chi connectivity index (χ2n) is 7.61. The molecule has 7 heteroatoms. The van der Waals surface area contributed by atoms with Gasteiger partial charge in [0.1, 0.15) is 11.5 Å². The first-order chi connectivity index (χ1) is 14.0. The molecule has 6 nitrogen and oxygen atoms in total. The Balaban J connectivity index is 1.41. The molecule has 0 fully saturated rings. The van der Waals surface area contributed by atoms with Crippen LogP contribution < -0.4 is 0 Å². The van der Waals surface area contributed by atoms with Crippen LogP contribution in [0.25, 0.3) is 0 Å². The van der Waals surface area contributed by atoms with E-state index in [-0.39, 0.29) is 5.91 Å². The highest BCUT2D eigenvalue weighted by Gasteiger charge is 2.26. The molecule has 0 saturated heterocycles. The zero-order chi connectivity index (χ0) is 20.4. The van der Waals surface area contributed by atoms with E-state index in [1.165, 1.54) is 16.0 Å². The first-order valence-electron chi connectivity index (χ1n) is 9.96. The quantitative estimate of drug-likeness (QED) is 0.618. The van der Waals surface area contributed by atoms with Crippen molar-refractivity contribution in [3.8, 4) is 0 Å². The Bertz CT molecular complexity index is 993. The minimum atomic E-state index is 0.0495. The van der Waals surface area contributed by atoms with E-state index in [4.69, 9.17) is 4.52 Å². The van der Waals surface area contributed by atoms with Gasteiger partial charge >= 0.3 is 0 Å². The molecule has 0 bridgehead atoms. The number of aromatic nitrogens is 2. The van der Waals surface area contributed by atoms with Gasteiger partial charge < -0.3 is 9.42 Å². The van der Waals surface area contributed by atoms with Crippen molar-refractivity contribution in [1.82, 2.24) is 19.9 Å². The fourth-order valence-electron chi connectivity index (χ4n) is 3.70. The molecule has 0 spiro atoms. The molecular formula is C22H26N4O2S. The Morgan fingerprint density at radius 2 is 2.21 bits per heavy atom. The molecule has 3 aromatic rings. The van der Waals surface area contributed by atoms with Crippen LogP contribution >= 0.6 is 11.3 Å². The summed E-state index contributed by atoms with van der Waals surface area (Å²) in [7, 11) is 1.82. The molecule has 0 aromatic carbocycles. The Kier molecular flexibility index (Phi) is 5.78. The summed E-state index contributed by atoms with van der Waals surface area (Å²) < 4.78 is 5.10. The van der Waals surface area contributed by atoms with Crippen molar-refractivity contribution in [1.29, 1.82) is 0 Å². The molecule has 3 aromatic heterocycles. The zero-order valence-corrected chi connectivity index (χ0v) is 18.0. The highest BCUT2D eigenvalue weighted by molar-refractivity contribution is 7.10. The van der Waals surface area contributed by atoms with Crippen molar-refractivity contribution < 1.29 is 9.32 Å². The van der Waals surface area contributed by atoms with Crippen LogP contribution in [0.1, 0.15) is 50.4 Å². The number of hydrogen-bond donors (Lipinski definition) is 0. The van der Waals surface area contributed by atoms with E-state index in [9.17, 15) is 4.79 Å². The normalized spacial score (nSPS) is 14.0. The standard InChI is InChI=1S/C22H26N4O2S/c1-4-16-5-6-17(23-10-16)12-26-8-7-19-20(14-29-21(19)13-26)22(27)25(3)11-18-9-15(2)28-24-18/h5-6,9-10,14H,4,7-8,11-13H2,1-3H3. The monoisotopic (exact) mass is 410 g/mol. The summed E-state index contributed by atoms with van der Waals surface area (Å²) in [6.45, 7) is 7.10. The van der Waals surface area contributed by atoms with E-state index >= 15 is 0 Å². The van der Waals surface area contributed by atoms with Crippen LogP contribution in [0.4, 0.5) is 0 Å².